The maximum absolute atomic E-state index is 11.7. The second-order valence-corrected chi connectivity index (χ2v) is 5.42. The normalized spacial score (nSPS) is 29.8. The van der Waals surface area contributed by atoms with Crippen molar-refractivity contribution in [2.45, 2.75) is 45.3 Å². The van der Waals surface area contributed by atoms with E-state index in [-0.39, 0.29) is 17.9 Å². The summed E-state index contributed by atoms with van der Waals surface area (Å²) in [5.74, 6) is 0.562. The molecule has 2 atom stereocenters. The lowest BCUT2D eigenvalue weighted by Crippen LogP contribution is -2.45. The van der Waals surface area contributed by atoms with Gasteiger partial charge in [0.15, 0.2) is 5.78 Å². The highest BCUT2D eigenvalue weighted by Crippen LogP contribution is 2.35. The molecule has 1 saturated heterocycles. The Kier molecular flexibility index (Phi) is 2.24. The van der Waals surface area contributed by atoms with Crippen LogP contribution in [0.25, 0.3) is 0 Å². The molecule has 0 N–H and O–H groups in total. The molecule has 1 heterocycles. The lowest BCUT2D eigenvalue weighted by Gasteiger charge is -2.29. The lowest BCUT2D eigenvalue weighted by molar-refractivity contribution is -0.123. The molecule has 1 aliphatic heterocycles. The van der Waals surface area contributed by atoms with Gasteiger partial charge in [-0.3, -0.25) is 9.69 Å². The lowest BCUT2D eigenvalue weighted by atomic mass is 10.1. The summed E-state index contributed by atoms with van der Waals surface area (Å²) in [5, 5.41) is 0. The average molecular weight is 211 g/mol. The Morgan fingerprint density at radius 1 is 1.47 bits per heavy atom. The number of hydrogen-bond acceptors (Lipinski definition) is 3. The van der Waals surface area contributed by atoms with Crippen molar-refractivity contribution >= 4 is 11.9 Å². The molecule has 1 unspecified atom stereocenters. The summed E-state index contributed by atoms with van der Waals surface area (Å²) in [4.78, 5) is 24.8. The van der Waals surface area contributed by atoms with Gasteiger partial charge in [-0.1, -0.05) is 0 Å². The van der Waals surface area contributed by atoms with E-state index in [2.05, 4.69) is 0 Å². The van der Waals surface area contributed by atoms with Crippen molar-refractivity contribution in [2.24, 2.45) is 5.92 Å². The van der Waals surface area contributed by atoms with Crippen molar-refractivity contribution in [3.8, 4) is 0 Å². The van der Waals surface area contributed by atoms with Crippen LogP contribution in [0.4, 0.5) is 4.79 Å². The predicted octanol–water partition coefficient (Wildman–Crippen LogP) is 1.58. The summed E-state index contributed by atoms with van der Waals surface area (Å²) in [7, 11) is 0. The summed E-state index contributed by atoms with van der Waals surface area (Å²) in [6.45, 7) is 6.19. The van der Waals surface area contributed by atoms with Crippen LogP contribution >= 0.6 is 0 Å². The van der Waals surface area contributed by atoms with Crippen molar-refractivity contribution in [1.82, 2.24) is 4.90 Å². The molecular formula is C11H17NO3. The van der Waals surface area contributed by atoms with Gasteiger partial charge < -0.3 is 4.74 Å². The number of piperidine rings is 1. The zero-order valence-electron chi connectivity index (χ0n) is 9.45. The molecule has 1 amide bonds. The number of amides is 1. The fraction of sp³-hybridized carbons (Fsp3) is 0.818. The standard InChI is InChI=1S/C11H17NO3/c1-11(2,3)15-10(14)12-6-7-4-8(12)9(13)5-7/h7-8H,4-6H2,1-3H3/t7?,8-/m0/s1. The van der Waals surface area contributed by atoms with Crippen LogP contribution in [0.2, 0.25) is 0 Å². The molecular weight excluding hydrogens is 194 g/mol. The Hall–Kier alpha value is -1.06. The van der Waals surface area contributed by atoms with Crippen molar-refractivity contribution in [3.05, 3.63) is 0 Å². The van der Waals surface area contributed by atoms with Crippen LogP contribution in [0, 0.1) is 5.92 Å². The van der Waals surface area contributed by atoms with Gasteiger partial charge in [-0.25, -0.2) is 4.79 Å². The Bertz CT molecular complexity index is 305. The smallest absolute Gasteiger partial charge is 0.410 e. The third kappa shape index (κ3) is 1.98. The van der Waals surface area contributed by atoms with Crippen LogP contribution in [-0.4, -0.2) is 35.0 Å². The molecule has 2 bridgehead atoms. The molecule has 1 aliphatic carbocycles. The third-order valence-electron chi connectivity index (χ3n) is 2.88. The van der Waals surface area contributed by atoms with E-state index in [1.165, 1.54) is 0 Å². The van der Waals surface area contributed by atoms with E-state index >= 15 is 0 Å². The van der Waals surface area contributed by atoms with Crippen molar-refractivity contribution in [3.63, 3.8) is 0 Å². The maximum Gasteiger partial charge on any atom is 0.410 e. The first-order valence-electron chi connectivity index (χ1n) is 5.39. The second kappa shape index (κ2) is 3.22. The van der Waals surface area contributed by atoms with Gasteiger partial charge >= 0.3 is 6.09 Å². The molecule has 1 saturated carbocycles. The van der Waals surface area contributed by atoms with E-state index < -0.39 is 5.60 Å². The van der Waals surface area contributed by atoms with Crippen LogP contribution < -0.4 is 0 Å². The minimum atomic E-state index is -0.484. The molecule has 2 fully saturated rings. The molecule has 15 heavy (non-hydrogen) atoms. The summed E-state index contributed by atoms with van der Waals surface area (Å²) in [5.41, 5.74) is -0.484. The van der Waals surface area contributed by atoms with E-state index in [4.69, 9.17) is 4.74 Å². The first-order chi connectivity index (χ1) is 6.87. The van der Waals surface area contributed by atoms with E-state index in [1.807, 2.05) is 20.8 Å². The van der Waals surface area contributed by atoms with Gasteiger partial charge in [0.05, 0.1) is 6.04 Å². The number of carbonyl (C=O) groups excluding carboxylic acids is 2. The molecule has 4 heteroatoms. The molecule has 4 nitrogen and oxygen atoms in total. The van der Waals surface area contributed by atoms with Crippen LogP contribution in [-0.2, 0) is 9.53 Å². The van der Waals surface area contributed by atoms with Gasteiger partial charge in [0.2, 0.25) is 0 Å². The largest absolute Gasteiger partial charge is 0.444 e. The fourth-order valence-electron chi connectivity index (χ4n) is 2.32. The molecule has 2 aliphatic rings. The number of nitrogens with zero attached hydrogens (tertiary/aromatic N) is 1. The number of Topliss-reactive ketones (excluding diaryl/α,β-unsaturated/α-hetero) is 1. The highest BCUT2D eigenvalue weighted by molar-refractivity contribution is 5.91. The fourth-order valence-corrected chi connectivity index (χ4v) is 2.32. The molecule has 0 spiro atoms. The average Bonchev–Trinajstić information content (AvgIpc) is 2.58. The number of rotatable bonds is 0. The molecule has 0 aromatic rings. The minimum Gasteiger partial charge on any atom is -0.444 e. The second-order valence-electron chi connectivity index (χ2n) is 5.42. The topological polar surface area (TPSA) is 46.6 Å². The first-order valence-corrected chi connectivity index (χ1v) is 5.39. The first kappa shape index (κ1) is 10.5. The van der Waals surface area contributed by atoms with E-state index in [9.17, 15) is 9.59 Å². The molecule has 0 aromatic carbocycles. The highest BCUT2D eigenvalue weighted by Gasteiger charge is 2.47. The van der Waals surface area contributed by atoms with Crippen LogP contribution in [0.3, 0.4) is 0 Å². The summed E-state index contributed by atoms with van der Waals surface area (Å²) >= 11 is 0. The van der Waals surface area contributed by atoms with E-state index in [0.717, 1.165) is 6.42 Å². The zero-order chi connectivity index (χ0) is 11.2. The third-order valence-corrected chi connectivity index (χ3v) is 2.88. The predicted molar refractivity (Wildman–Crippen MR) is 54.5 cm³/mol. The number of ketones is 1. The summed E-state index contributed by atoms with van der Waals surface area (Å²) in [6, 6.07) is -0.204. The van der Waals surface area contributed by atoms with Gasteiger partial charge in [0.25, 0.3) is 0 Å². The van der Waals surface area contributed by atoms with E-state index in [0.29, 0.717) is 18.9 Å². The maximum atomic E-state index is 11.7. The van der Waals surface area contributed by atoms with Crippen LogP contribution in [0.5, 0.6) is 0 Å². The van der Waals surface area contributed by atoms with Gasteiger partial charge in [0, 0.05) is 13.0 Å². The van der Waals surface area contributed by atoms with Crippen LogP contribution in [0.1, 0.15) is 33.6 Å². The van der Waals surface area contributed by atoms with Gasteiger partial charge in [0.1, 0.15) is 5.60 Å². The van der Waals surface area contributed by atoms with Crippen molar-refractivity contribution in [2.75, 3.05) is 6.54 Å². The summed E-state index contributed by atoms with van der Waals surface area (Å²) in [6.07, 6.45) is 1.13. The molecule has 84 valence electrons. The number of likely N-dealkylation sites (tertiary alicyclic amines) is 1. The number of fused-ring (bicyclic) bond motifs is 2. The minimum absolute atomic E-state index is 0.192. The van der Waals surface area contributed by atoms with Crippen molar-refractivity contribution < 1.29 is 14.3 Å². The molecule has 0 radical (unpaired) electrons. The highest BCUT2D eigenvalue weighted by atomic mass is 16.6. The zero-order valence-corrected chi connectivity index (χ0v) is 9.45. The quantitative estimate of drug-likeness (QED) is 0.611. The Labute approximate surface area is 89.6 Å². The van der Waals surface area contributed by atoms with Gasteiger partial charge in [-0.15, -0.1) is 0 Å². The summed E-state index contributed by atoms with van der Waals surface area (Å²) < 4.78 is 5.26. The van der Waals surface area contributed by atoms with Gasteiger partial charge in [-0.05, 0) is 33.1 Å². The van der Waals surface area contributed by atoms with E-state index in [1.54, 1.807) is 4.90 Å². The Balaban J connectivity index is 2.01. The monoisotopic (exact) mass is 211 g/mol. The number of carbonyl (C=O) groups is 2. The number of hydrogen-bond donors (Lipinski definition) is 0. The Morgan fingerprint density at radius 3 is 2.60 bits per heavy atom. The molecule has 0 aromatic heterocycles. The van der Waals surface area contributed by atoms with Crippen molar-refractivity contribution in [1.29, 1.82) is 0 Å². The Morgan fingerprint density at radius 2 is 2.13 bits per heavy atom. The molecule has 2 rings (SSSR count). The number of ether oxygens (including phenoxy) is 1. The van der Waals surface area contributed by atoms with Crippen LogP contribution in [0.15, 0.2) is 0 Å². The van der Waals surface area contributed by atoms with Gasteiger partial charge in [-0.2, -0.15) is 0 Å². The SMILES string of the molecule is CC(C)(C)OC(=O)N1CC2CC(=O)[C@@H]1C2.